The summed E-state index contributed by atoms with van der Waals surface area (Å²) >= 11 is 0. The van der Waals surface area contributed by atoms with E-state index < -0.39 is 0 Å². The lowest BCUT2D eigenvalue weighted by Crippen LogP contribution is -2.24. The molecule has 6 rings (SSSR count). The Morgan fingerprint density at radius 3 is 1.77 bits per heavy atom. The predicted octanol–water partition coefficient (Wildman–Crippen LogP) is 7.12. The molecular formula is C33H31N3O3. The highest BCUT2D eigenvalue weighted by molar-refractivity contribution is 6.01. The first-order chi connectivity index (χ1) is 18.7. The average Bonchev–Trinajstić information content (AvgIpc) is 2.96. The molecule has 1 aromatic heterocycles. The van der Waals surface area contributed by atoms with Crippen molar-refractivity contribution in [3.63, 3.8) is 0 Å². The maximum absolute atomic E-state index is 12.6. The molecule has 1 aliphatic heterocycles. The molecule has 196 valence electrons. The van der Waals surface area contributed by atoms with Gasteiger partial charge in [0.2, 0.25) is 0 Å². The van der Waals surface area contributed by atoms with E-state index in [1.54, 1.807) is 19.1 Å². The molecule has 5 aromatic rings. The van der Waals surface area contributed by atoms with Gasteiger partial charge in [-0.1, -0.05) is 24.3 Å². The van der Waals surface area contributed by atoms with Gasteiger partial charge in [-0.25, -0.2) is 0 Å². The Hall–Kier alpha value is -4.71. The Bertz CT molecular complexity index is 1820. The molecule has 0 unspecified atom stereocenters. The predicted molar refractivity (Wildman–Crippen MR) is 160 cm³/mol. The van der Waals surface area contributed by atoms with Gasteiger partial charge in [-0.3, -0.25) is 14.4 Å². The summed E-state index contributed by atoms with van der Waals surface area (Å²) in [5.41, 5.74) is 7.63. The highest BCUT2D eigenvalue weighted by Gasteiger charge is 2.24. The zero-order chi connectivity index (χ0) is 27.8. The van der Waals surface area contributed by atoms with Crippen molar-refractivity contribution in [3.05, 3.63) is 106 Å². The molecule has 1 aliphatic rings. The van der Waals surface area contributed by atoms with Crippen LogP contribution in [0.15, 0.2) is 89.7 Å². The van der Waals surface area contributed by atoms with Crippen LogP contribution in [-0.2, 0) is 6.54 Å². The summed E-state index contributed by atoms with van der Waals surface area (Å²) < 4.78 is 2.11. The number of benzene rings is 4. The molecule has 0 spiro atoms. The number of carbonyl (C=O) groups excluding carboxylic acids is 2. The van der Waals surface area contributed by atoms with Crippen molar-refractivity contribution >= 4 is 56.1 Å². The van der Waals surface area contributed by atoms with Crippen LogP contribution in [0.2, 0.25) is 0 Å². The van der Waals surface area contributed by atoms with Crippen LogP contribution in [0, 0.1) is 0 Å². The van der Waals surface area contributed by atoms with Crippen LogP contribution in [0.3, 0.4) is 0 Å². The van der Waals surface area contributed by atoms with Crippen LogP contribution < -0.4 is 15.2 Å². The molecule has 0 aliphatic carbocycles. The third-order valence-corrected chi connectivity index (χ3v) is 7.40. The third kappa shape index (κ3) is 4.48. The van der Waals surface area contributed by atoms with Crippen molar-refractivity contribution < 1.29 is 9.59 Å². The van der Waals surface area contributed by atoms with Gasteiger partial charge in [0.1, 0.15) is 0 Å². The minimum absolute atomic E-state index is 0.0107. The lowest BCUT2D eigenvalue weighted by atomic mass is 10.0. The second-order valence-electron chi connectivity index (χ2n) is 9.75. The van der Waals surface area contributed by atoms with Gasteiger partial charge in [0.05, 0.1) is 33.8 Å². The minimum atomic E-state index is -0.0255. The topological polar surface area (TPSA) is 62.6 Å². The number of hydrogen-bond donors (Lipinski definition) is 0. The Labute approximate surface area is 227 Å². The zero-order valence-electron chi connectivity index (χ0n) is 22.9. The Balaban J connectivity index is 0.000000158. The van der Waals surface area contributed by atoms with Crippen LogP contribution in [-0.4, -0.2) is 30.2 Å². The Morgan fingerprint density at radius 2 is 1.13 bits per heavy atom. The molecule has 4 aromatic carbocycles. The SMILES string of the molecule is CC(=O)c1ccc2c(c1)N(C)c1ccccc1N2C.CCn1c2ccccc2c(=O)c2cc(C(C)=O)ccc21. The second kappa shape index (κ2) is 10.2. The average molecular weight is 518 g/mol. The van der Waals surface area contributed by atoms with E-state index in [9.17, 15) is 14.4 Å². The van der Waals surface area contributed by atoms with Crippen molar-refractivity contribution in [2.24, 2.45) is 0 Å². The number of aryl methyl sites for hydroxylation is 1. The van der Waals surface area contributed by atoms with Crippen LogP contribution in [0.5, 0.6) is 0 Å². The van der Waals surface area contributed by atoms with Gasteiger partial charge in [0, 0.05) is 42.5 Å². The summed E-state index contributed by atoms with van der Waals surface area (Å²) in [5.74, 6) is 0.0696. The monoisotopic (exact) mass is 517 g/mol. The van der Waals surface area contributed by atoms with E-state index in [4.69, 9.17) is 0 Å². The molecule has 0 saturated heterocycles. The smallest absolute Gasteiger partial charge is 0.197 e. The van der Waals surface area contributed by atoms with Gasteiger partial charge in [0.25, 0.3) is 0 Å². The highest BCUT2D eigenvalue weighted by atomic mass is 16.1. The fraction of sp³-hybridized carbons (Fsp3) is 0.182. The lowest BCUT2D eigenvalue weighted by molar-refractivity contribution is 0.100. The fourth-order valence-corrected chi connectivity index (χ4v) is 5.27. The molecule has 0 radical (unpaired) electrons. The van der Waals surface area contributed by atoms with Gasteiger partial charge in [-0.2, -0.15) is 0 Å². The highest BCUT2D eigenvalue weighted by Crippen LogP contribution is 2.46. The summed E-state index contributed by atoms with van der Waals surface area (Å²) in [7, 11) is 4.09. The summed E-state index contributed by atoms with van der Waals surface area (Å²) in [5, 5.41) is 1.31. The first-order valence-corrected chi connectivity index (χ1v) is 13.0. The number of Topliss-reactive ketones (excluding diaryl/α,β-unsaturated/α-hetero) is 2. The van der Waals surface area contributed by atoms with Crippen LogP contribution in [0.4, 0.5) is 22.7 Å². The molecule has 39 heavy (non-hydrogen) atoms. The van der Waals surface area contributed by atoms with Crippen molar-refractivity contribution in [3.8, 4) is 0 Å². The van der Waals surface area contributed by atoms with E-state index in [2.05, 4.69) is 40.5 Å². The molecule has 0 bridgehead atoms. The van der Waals surface area contributed by atoms with Crippen molar-refractivity contribution in [1.82, 2.24) is 4.57 Å². The number of fused-ring (bicyclic) bond motifs is 4. The van der Waals surface area contributed by atoms with Crippen molar-refractivity contribution in [2.75, 3.05) is 23.9 Å². The van der Waals surface area contributed by atoms with Gasteiger partial charge in [-0.05, 0) is 81.4 Å². The second-order valence-corrected chi connectivity index (χ2v) is 9.75. The van der Waals surface area contributed by atoms with E-state index in [0.29, 0.717) is 16.3 Å². The summed E-state index contributed by atoms with van der Waals surface area (Å²) in [6.07, 6.45) is 0. The third-order valence-electron chi connectivity index (χ3n) is 7.40. The molecule has 6 nitrogen and oxygen atoms in total. The number of aromatic nitrogens is 1. The number of nitrogens with zero attached hydrogens (tertiary/aromatic N) is 3. The normalized spacial score (nSPS) is 12.0. The maximum atomic E-state index is 12.6. The number of ketones is 2. The zero-order valence-corrected chi connectivity index (χ0v) is 22.9. The maximum Gasteiger partial charge on any atom is 0.197 e. The molecule has 6 heteroatoms. The van der Waals surface area contributed by atoms with Crippen LogP contribution in [0.25, 0.3) is 21.8 Å². The van der Waals surface area contributed by atoms with E-state index in [0.717, 1.165) is 40.2 Å². The fourth-order valence-electron chi connectivity index (χ4n) is 5.27. The van der Waals surface area contributed by atoms with Crippen LogP contribution in [0.1, 0.15) is 41.5 Å². The van der Waals surface area contributed by atoms with E-state index in [1.165, 1.54) is 12.6 Å². The molecule has 2 heterocycles. The van der Waals surface area contributed by atoms with E-state index >= 15 is 0 Å². The van der Waals surface area contributed by atoms with Crippen LogP contribution >= 0.6 is 0 Å². The number of hydrogen-bond acceptors (Lipinski definition) is 5. The molecule has 0 N–H and O–H groups in total. The molecule has 0 saturated carbocycles. The quantitative estimate of drug-likeness (QED) is 0.188. The van der Waals surface area contributed by atoms with E-state index in [1.807, 2.05) is 67.7 Å². The summed E-state index contributed by atoms with van der Waals surface area (Å²) in [6.45, 7) is 5.94. The summed E-state index contributed by atoms with van der Waals surface area (Å²) in [6, 6.07) is 27.1. The van der Waals surface area contributed by atoms with Gasteiger partial charge >= 0.3 is 0 Å². The number of anilines is 4. The number of pyridine rings is 1. The van der Waals surface area contributed by atoms with Crippen molar-refractivity contribution in [2.45, 2.75) is 27.3 Å². The first-order valence-electron chi connectivity index (χ1n) is 13.0. The van der Waals surface area contributed by atoms with E-state index in [-0.39, 0.29) is 17.0 Å². The standard InChI is InChI=1S/C17H15NO2.C16H16N2O/c1-3-18-15-7-5-4-6-13(15)17(20)14-10-12(11(2)19)8-9-16(14)18;1-11(19)12-8-9-15-16(10-12)18(3)14-7-5-4-6-13(14)17(15)2/h4-10H,3H2,1-2H3;4-10H,1-3H3. The molecule has 0 atom stereocenters. The molecule has 0 amide bonds. The molecule has 0 fully saturated rings. The van der Waals surface area contributed by atoms with Gasteiger partial charge in [0.15, 0.2) is 17.0 Å². The number of carbonyl (C=O) groups is 2. The molecular weight excluding hydrogens is 486 g/mol. The van der Waals surface area contributed by atoms with Gasteiger partial charge < -0.3 is 14.4 Å². The Kier molecular flexibility index (Phi) is 6.79. The first kappa shape index (κ1) is 25.9. The lowest BCUT2D eigenvalue weighted by Gasteiger charge is -2.36. The number of para-hydroxylation sites is 3. The van der Waals surface area contributed by atoms with Crippen molar-refractivity contribution in [1.29, 1.82) is 0 Å². The van der Waals surface area contributed by atoms with Gasteiger partial charge in [-0.15, -0.1) is 0 Å². The number of rotatable bonds is 3. The Morgan fingerprint density at radius 1 is 0.615 bits per heavy atom. The minimum Gasteiger partial charge on any atom is -0.341 e. The largest absolute Gasteiger partial charge is 0.341 e. The summed E-state index contributed by atoms with van der Waals surface area (Å²) in [4.78, 5) is 39.9.